The van der Waals surface area contributed by atoms with Crippen molar-refractivity contribution in [3.05, 3.63) is 100 Å². The minimum absolute atomic E-state index is 0.119. The van der Waals surface area contributed by atoms with Gasteiger partial charge in [-0.1, -0.05) is 72.3 Å². The van der Waals surface area contributed by atoms with Gasteiger partial charge in [0.25, 0.3) is 0 Å². The highest BCUT2D eigenvalue weighted by Crippen LogP contribution is 2.33. The van der Waals surface area contributed by atoms with Crippen LogP contribution in [0.3, 0.4) is 0 Å². The van der Waals surface area contributed by atoms with Gasteiger partial charge in [0.05, 0.1) is 23.1 Å². The van der Waals surface area contributed by atoms with Gasteiger partial charge in [0.1, 0.15) is 6.61 Å². The highest BCUT2D eigenvalue weighted by Gasteiger charge is 2.38. The van der Waals surface area contributed by atoms with Crippen molar-refractivity contribution in [1.29, 1.82) is 0 Å². The van der Waals surface area contributed by atoms with Crippen molar-refractivity contribution in [3.63, 3.8) is 0 Å². The van der Waals surface area contributed by atoms with Crippen molar-refractivity contribution in [2.24, 2.45) is 0 Å². The molecule has 3 aromatic carbocycles. The molecule has 0 bridgehead atoms. The van der Waals surface area contributed by atoms with Crippen molar-refractivity contribution in [2.45, 2.75) is 69.5 Å². The first-order chi connectivity index (χ1) is 19.6. The Bertz CT molecular complexity index is 1470. The Morgan fingerprint density at radius 3 is 2.22 bits per heavy atom. The minimum atomic E-state index is -3.81. The zero-order valence-corrected chi connectivity index (χ0v) is 25.0. The lowest BCUT2D eigenvalue weighted by Crippen LogP contribution is -2.49. The molecule has 1 fully saturated rings. The van der Waals surface area contributed by atoms with E-state index in [9.17, 15) is 18.3 Å². The fraction of sp³-hybridized carbons (Fsp3) is 0.424. The van der Waals surface area contributed by atoms with E-state index in [1.165, 1.54) is 0 Å². The first-order valence-electron chi connectivity index (χ1n) is 14.3. The summed E-state index contributed by atoms with van der Waals surface area (Å²) in [6.45, 7) is 6.85. The van der Waals surface area contributed by atoms with Gasteiger partial charge in [0.2, 0.25) is 15.9 Å². The summed E-state index contributed by atoms with van der Waals surface area (Å²) in [5.74, 6) is -0.136. The van der Waals surface area contributed by atoms with Gasteiger partial charge in [-0.05, 0) is 67.9 Å². The van der Waals surface area contributed by atoms with E-state index in [4.69, 9.17) is 4.74 Å². The molecule has 0 aliphatic carbocycles. The molecule has 0 saturated carbocycles. The van der Waals surface area contributed by atoms with Crippen molar-refractivity contribution in [3.8, 4) is 0 Å². The van der Waals surface area contributed by atoms with Gasteiger partial charge in [-0.3, -0.25) is 4.79 Å². The molecule has 3 aromatic rings. The number of amides is 1. The van der Waals surface area contributed by atoms with E-state index in [0.717, 1.165) is 33.4 Å². The van der Waals surface area contributed by atoms with Gasteiger partial charge >= 0.3 is 0 Å². The smallest absolute Gasteiger partial charge is 0.248 e. The molecule has 1 N–H and O–H groups in total. The van der Waals surface area contributed by atoms with Gasteiger partial charge in [0.15, 0.2) is 0 Å². The number of aryl methyl sites for hydroxylation is 3. The number of likely N-dealkylation sites (tertiary alicyclic amines) is 1. The lowest BCUT2D eigenvalue weighted by atomic mass is 9.85. The largest absolute Gasteiger partial charge is 0.389 e. The van der Waals surface area contributed by atoms with Gasteiger partial charge < -0.3 is 14.7 Å². The fourth-order valence-corrected chi connectivity index (χ4v) is 8.38. The zero-order valence-electron chi connectivity index (χ0n) is 24.2. The van der Waals surface area contributed by atoms with Crippen LogP contribution in [-0.2, 0) is 38.9 Å². The van der Waals surface area contributed by atoms with Crippen LogP contribution < -0.4 is 0 Å². The number of ether oxygens (including phenoxy) is 1. The number of carbonyl (C=O) groups excluding carboxylic acids is 1. The van der Waals surface area contributed by atoms with Gasteiger partial charge in [0, 0.05) is 26.1 Å². The standard InChI is InChI=1S/C33H40N2O5S/c1-24-17-25(2)32(26(3)18-24)41(38,39)35-21-29-12-8-7-11-28(29)19-30(35)22-40-23-31(36)34-15-13-33(37,14-16-34)20-27-9-5-4-6-10-27/h4-12,17-18,30,37H,13-16,19-23H2,1-3H3. The monoisotopic (exact) mass is 576 g/mol. The van der Waals surface area contributed by atoms with Crippen molar-refractivity contribution in [2.75, 3.05) is 26.3 Å². The third-order valence-electron chi connectivity index (χ3n) is 8.44. The number of hydrogen-bond acceptors (Lipinski definition) is 5. The number of aliphatic hydroxyl groups is 1. The number of carbonyl (C=O) groups is 1. The lowest BCUT2D eigenvalue weighted by Gasteiger charge is -2.38. The summed E-state index contributed by atoms with van der Waals surface area (Å²) in [7, 11) is -3.81. The topological polar surface area (TPSA) is 87.2 Å². The van der Waals surface area contributed by atoms with Crippen molar-refractivity contribution >= 4 is 15.9 Å². The summed E-state index contributed by atoms with van der Waals surface area (Å²) >= 11 is 0. The number of nitrogens with zero attached hydrogens (tertiary/aromatic N) is 2. The Kier molecular flexibility index (Phi) is 8.66. The van der Waals surface area contributed by atoms with E-state index in [-0.39, 0.29) is 25.7 Å². The Balaban J connectivity index is 1.24. The molecule has 8 heteroatoms. The maximum Gasteiger partial charge on any atom is 0.248 e. The summed E-state index contributed by atoms with van der Waals surface area (Å²) in [6, 6.07) is 21.2. The van der Waals surface area contributed by atoms with E-state index in [1.807, 2.05) is 87.5 Å². The molecule has 1 unspecified atom stereocenters. The molecular formula is C33H40N2O5S. The normalized spacial score (nSPS) is 19.1. The third-order valence-corrected chi connectivity index (χ3v) is 10.6. The van der Waals surface area contributed by atoms with Crippen LogP contribution in [0.1, 0.15) is 46.2 Å². The first kappa shape index (κ1) is 29.5. The summed E-state index contributed by atoms with van der Waals surface area (Å²) in [6.07, 6.45) is 2.10. The highest BCUT2D eigenvalue weighted by atomic mass is 32.2. The molecule has 2 aliphatic heterocycles. The molecule has 1 amide bonds. The van der Waals surface area contributed by atoms with Crippen LogP contribution in [-0.4, -0.2) is 66.6 Å². The van der Waals surface area contributed by atoms with Crippen LogP contribution >= 0.6 is 0 Å². The number of piperidine rings is 1. The van der Waals surface area contributed by atoms with Crippen LogP contribution in [0.15, 0.2) is 71.6 Å². The van der Waals surface area contributed by atoms with E-state index < -0.39 is 21.7 Å². The summed E-state index contributed by atoms with van der Waals surface area (Å²) in [4.78, 5) is 15.1. The first-order valence-corrected chi connectivity index (χ1v) is 15.8. The number of rotatable bonds is 8. The fourth-order valence-electron chi connectivity index (χ4n) is 6.38. The maximum absolute atomic E-state index is 14.1. The van der Waals surface area contributed by atoms with Crippen molar-refractivity contribution < 1.29 is 23.1 Å². The molecule has 1 saturated heterocycles. The second kappa shape index (κ2) is 12.1. The van der Waals surface area contributed by atoms with Gasteiger partial charge in [-0.25, -0.2) is 8.42 Å². The summed E-state index contributed by atoms with van der Waals surface area (Å²) in [5, 5.41) is 11.1. The predicted octanol–water partition coefficient (Wildman–Crippen LogP) is 4.34. The van der Waals surface area contributed by atoms with Crippen LogP contribution in [0.25, 0.3) is 0 Å². The molecule has 0 aromatic heterocycles. The van der Waals surface area contributed by atoms with Gasteiger partial charge in [-0.2, -0.15) is 4.31 Å². The van der Waals surface area contributed by atoms with Crippen LogP contribution in [0.5, 0.6) is 0 Å². The zero-order chi connectivity index (χ0) is 29.2. The summed E-state index contributed by atoms with van der Waals surface area (Å²) < 4.78 is 35.6. The molecule has 1 atom stereocenters. The average molecular weight is 577 g/mol. The van der Waals surface area contributed by atoms with Crippen LogP contribution in [0, 0.1) is 20.8 Å². The third kappa shape index (κ3) is 6.56. The molecule has 5 rings (SSSR count). The number of benzene rings is 3. The molecule has 41 heavy (non-hydrogen) atoms. The number of sulfonamides is 1. The molecule has 0 radical (unpaired) electrons. The Hall–Kier alpha value is -3.04. The minimum Gasteiger partial charge on any atom is -0.389 e. The SMILES string of the molecule is Cc1cc(C)c(S(=O)(=O)N2Cc3ccccc3CC2COCC(=O)N2CCC(O)(Cc3ccccc3)CC2)c(C)c1. The molecule has 7 nitrogen and oxygen atoms in total. The molecule has 218 valence electrons. The summed E-state index contributed by atoms with van der Waals surface area (Å²) in [5.41, 5.74) is 4.84. The maximum atomic E-state index is 14.1. The number of fused-ring (bicyclic) bond motifs is 1. The predicted molar refractivity (Wildman–Crippen MR) is 159 cm³/mol. The van der Waals surface area contributed by atoms with Crippen LogP contribution in [0.4, 0.5) is 0 Å². The average Bonchev–Trinajstić information content (AvgIpc) is 2.92. The molecular weight excluding hydrogens is 536 g/mol. The Morgan fingerprint density at radius 1 is 0.951 bits per heavy atom. The van der Waals surface area contributed by atoms with E-state index in [0.29, 0.717) is 43.7 Å². The van der Waals surface area contributed by atoms with E-state index in [1.54, 1.807) is 9.21 Å². The molecule has 2 aliphatic rings. The lowest BCUT2D eigenvalue weighted by molar-refractivity contribution is -0.140. The molecule has 0 spiro atoms. The van der Waals surface area contributed by atoms with E-state index >= 15 is 0 Å². The second-order valence-electron chi connectivity index (χ2n) is 11.7. The Labute approximate surface area is 243 Å². The van der Waals surface area contributed by atoms with Crippen molar-refractivity contribution in [1.82, 2.24) is 9.21 Å². The Morgan fingerprint density at radius 2 is 1.56 bits per heavy atom. The second-order valence-corrected chi connectivity index (χ2v) is 13.5. The van der Waals surface area contributed by atoms with Gasteiger partial charge in [-0.15, -0.1) is 0 Å². The van der Waals surface area contributed by atoms with E-state index in [2.05, 4.69) is 0 Å². The highest BCUT2D eigenvalue weighted by molar-refractivity contribution is 7.89. The molecule has 2 heterocycles. The quantitative estimate of drug-likeness (QED) is 0.431. The van der Waals surface area contributed by atoms with Crippen LogP contribution in [0.2, 0.25) is 0 Å². The number of hydrogen-bond donors (Lipinski definition) is 1.